The van der Waals surface area contributed by atoms with E-state index in [1.807, 2.05) is 26.0 Å². The summed E-state index contributed by atoms with van der Waals surface area (Å²) in [6.45, 7) is 4.21. The monoisotopic (exact) mass is 382 g/mol. The van der Waals surface area contributed by atoms with Crippen LogP contribution in [0.4, 0.5) is 10.1 Å². The van der Waals surface area contributed by atoms with E-state index < -0.39 is 0 Å². The molecule has 28 heavy (non-hydrogen) atoms. The standard InChI is InChI=1S/C23H27FN2O2/c1-15-11-16(2)13-20(12-15)26-23(28)18-9-7-17(8-10-18)22(27)25-14-19-5-3-4-6-21(19)24/h3-6,11-13,17-18H,7-10,14H2,1-2H3,(H,25,27)(H,26,28). The zero-order valence-electron chi connectivity index (χ0n) is 16.4. The van der Waals surface area contributed by atoms with Gasteiger partial charge in [-0.05, 0) is 68.9 Å². The molecule has 3 rings (SSSR count). The van der Waals surface area contributed by atoms with Crippen molar-refractivity contribution in [3.05, 3.63) is 65.0 Å². The number of aryl methyl sites for hydroxylation is 2. The second-order valence-electron chi connectivity index (χ2n) is 7.72. The van der Waals surface area contributed by atoms with Crippen LogP contribution in [0.25, 0.3) is 0 Å². The summed E-state index contributed by atoms with van der Waals surface area (Å²) in [5.74, 6) is -0.533. The average Bonchev–Trinajstić information content (AvgIpc) is 2.66. The van der Waals surface area contributed by atoms with E-state index >= 15 is 0 Å². The van der Waals surface area contributed by atoms with Crippen LogP contribution in [0.2, 0.25) is 0 Å². The van der Waals surface area contributed by atoms with Gasteiger partial charge in [-0.3, -0.25) is 9.59 Å². The van der Waals surface area contributed by atoms with E-state index in [1.54, 1.807) is 18.2 Å². The third kappa shape index (κ3) is 5.18. The quantitative estimate of drug-likeness (QED) is 0.800. The van der Waals surface area contributed by atoms with Crippen LogP contribution in [-0.4, -0.2) is 11.8 Å². The first-order chi connectivity index (χ1) is 13.4. The molecule has 4 nitrogen and oxygen atoms in total. The Balaban J connectivity index is 1.47. The Bertz CT molecular complexity index is 837. The topological polar surface area (TPSA) is 58.2 Å². The van der Waals surface area contributed by atoms with Crippen molar-refractivity contribution in [2.45, 2.75) is 46.1 Å². The van der Waals surface area contributed by atoms with Crippen LogP contribution in [0, 0.1) is 31.5 Å². The van der Waals surface area contributed by atoms with Crippen molar-refractivity contribution in [1.29, 1.82) is 0 Å². The van der Waals surface area contributed by atoms with Crippen molar-refractivity contribution in [1.82, 2.24) is 5.32 Å². The van der Waals surface area contributed by atoms with Gasteiger partial charge in [0.05, 0.1) is 0 Å². The van der Waals surface area contributed by atoms with Crippen LogP contribution in [0.1, 0.15) is 42.4 Å². The van der Waals surface area contributed by atoms with Gasteiger partial charge in [0.25, 0.3) is 0 Å². The summed E-state index contributed by atoms with van der Waals surface area (Å²) < 4.78 is 13.7. The van der Waals surface area contributed by atoms with Crippen molar-refractivity contribution in [2.24, 2.45) is 11.8 Å². The van der Waals surface area contributed by atoms with Crippen LogP contribution in [0.5, 0.6) is 0 Å². The highest BCUT2D eigenvalue weighted by molar-refractivity contribution is 5.93. The fraction of sp³-hybridized carbons (Fsp3) is 0.391. The molecule has 2 aromatic carbocycles. The molecule has 148 valence electrons. The van der Waals surface area contributed by atoms with Crippen LogP contribution in [0.15, 0.2) is 42.5 Å². The van der Waals surface area contributed by atoms with Gasteiger partial charge in [-0.2, -0.15) is 0 Å². The highest BCUT2D eigenvalue weighted by Gasteiger charge is 2.30. The fourth-order valence-electron chi connectivity index (χ4n) is 3.88. The number of hydrogen-bond donors (Lipinski definition) is 2. The number of carbonyl (C=O) groups excluding carboxylic acids is 2. The van der Waals surface area contributed by atoms with Crippen LogP contribution in [-0.2, 0) is 16.1 Å². The summed E-state index contributed by atoms with van der Waals surface area (Å²) in [6.07, 6.45) is 2.73. The van der Waals surface area contributed by atoms with Crippen LogP contribution in [0.3, 0.4) is 0 Å². The first kappa shape index (κ1) is 20.1. The van der Waals surface area contributed by atoms with E-state index in [0.29, 0.717) is 31.2 Å². The molecule has 1 saturated carbocycles. The molecule has 0 unspecified atom stereocenters. The maximum absolute atomic E-state index is 13.7. The molecule has 0 atom stereocenters. The van der Waals surface area contributed by atoms with E-state index in [9.17, 15) is 14.0 Å². The molecule has 0 saturated heterocycles. The molecule has 0 radical (unpaired) electrons. The Morgan fingerprint density at radius 2 is 1.50 bits per heavy atom. The molecule has 1 aliphatic rings. The smallest absolute Gasteiger partial charge is 0.227 e. The average molecular weight is 382 g/mol. The number of anilines is 1. The largest absolute Gasteiger partial charge is 0.352 e. The van der Waals surface area contributed by atoms with Gasteiger partial charge >= 0.3 is 0 Å². The summed E-state index contributed by atoms with van der Waals surface area (Å²) in [6, 6.07) is 12.4. The molecular formula is C23H27FN2O2. The molecule has 0 heterocycles. The highest BCUT2D eigenvalue weighted by Crippen LogP contribution is 2.30. The van der Waals surface area contributed by atoms with Gasteiger partial charge in [0.15, 0.2) is 0 Å². The summed E-state index contributed by atoms with van der Waals surface area (Å²) in [5, 5.41) is 5.84. The zero-order chi connectivity index (χ0) is 20.1. The molecule has 0 aliphatic heterocycles. The highest BCUT2D eigenvalue weighted by atomic mass is 19.1. The Morgan fingerprint density at radius 1 is 0.929 bits per heavy atom. The minimum absolute atomic E-state index is 0.0233. The van der Waals surface area contributed by atoms with Gasteiger partial charge < -0.3 is 10.6 Å². The van der Waals surface area contributed by atoms with Gasteiger partial charge in [0.2, 0.25) is 11.8 Å². The molecule has 2 aromatic rings. The third-order valence-electron chi connectivity index (χ3n) is 5.37. The molecule has 2 amide bonds. The van der Waals surface area contributed by atoms with Gasteiger partial charge in [-0.25, -0.2) is 4.39 Å². The fourth-order valence-corrected chi connectivity index (χ4v) is 3.88. The van der Waals surface area contributed by atoms with Gasteiger partial charge in [-0.1, -0.05) is 24.3 Å². The van der Waals surface area contributed by atoms with Crippen LogP contribution < -0.4 is 10.6 Å². The van der Waals surface area contributed by atoms with E-state index in [1.165, 1.54) is 6.07 Å². The SMILES string of the molecule is Cc1cc(C)cc(NC(=O)C2CCC(C(=O)NCc3ccccc3F)CC2)c1. The summed E-state index contributed by atoms with van der Waals surface area (Å²) >= 11 is 0. The number of carbonyl (C=O) groups is 2. The first-order valence-electron chi connectivity index (χ1n) is 9.82. The lowest BCUT2D eigenvalue weighted by atomic mass is 9.81. The Labute approximate surface area is 165 Å². The number of nitrogens with one attached hydrogen (secondary N) is 2. The second-order valence-corrected chi connectivity index (χ2v) is 7.72. The molecule has 0 bridgehead atoms. The maximum Gasteiger partial charge on any atom is 0.227 e. The molecule has 2 N–H and O–H groups in total. The lowest BCUT2D eigenvalue weighted by Crippen LogP contribution is -2.35. The second kappa shape index (κ2) is 9.00. The third-order valence-corrected chi connectivity index (χ3v) is 5.37. The summed E-state index contributed by atoms with van der Waals surface area (Å²) in [5.41, 5.74) is 3.54. The minimum atomic E-state index is -0.311. The lowest BCUT2D eigenvalue weighted by Gasteiger charge is -2.27. The Morgan fingerprint density at radius 3 is 2.11 bits per heavy atom. The van der Waals surface area contributed by atoms with Gasteiger partial charge in [0.1, 0.15) is 5.82 Å². The number of benzene rings is 2. The van der Waals surface area contributed by atoms with Crippen molar-refractivity contribution < 1.29 is 14.0 Å². The molecular weight excluding hydrogens is 355 g/mol. The van der Waals surface area contributed by atoms with Crippen LogP contribution >= 0.6 is 0 Å². The molecule has 1 fully saturated rings. The normalized spacial score (nSPS) is 19.1. The molecule has 0 aromatic heterocycles. The minimum Gasteiger partial charge on any atom is -0.352 e. The van der Waals surface area contributed by atoms with E-state index in [4.69, 9.17) is 0 Å². The summed E-state index contributed by atoms with van der Waals surface area (Å²) in [7, 11) is 0. The number of rotatable bonds is 5. The maximum atomic E-state index is 13.7. The lowest BCUT2D eigenvalue weighted by molar-refractivity contribution is -0.128. The predicted octanol–water partition coefficient (Wildman–Crippen LogP) is 4.50. The van der Waals surface area contributed by atoms with E-state index in [2.05, 4.69) is 16.7 Å². The van der Waals surface area contributed by atoms with Crippen molar-refractivity contribution in [2.75, 3.05) is 5.32 Å². The number of hydrogen-bond acceptors (Lipinski definition) is 2. The summed E-state index contributed by atoms with van der Waals surface area (Å²) in [4.78, 5) is 25.0. The molecule has 0 spiro atoms. The molecule has 1 aliphatic carbocycles. The Hall–Kier alpha value is -2.69. The van der Waals surface area contributed by atoms with Crippen molar-refractivity contribution in [3.8, 4) is 0 Å². The van der Waals surface area contributed by atoms with Gasteiger partial charge in [0, 0.05) is 29.6 Å². The van der Waals surface area contributed by atoms with Crippen molar-refractivity contribution >= 4 is 17.5 Å². The Kier molecular flexibility index (Phi) is 6.45. The number of halogens is 1. The van der Waals surface area contributed by atoms with E-state index in [0.717, 1.165) is 16.8 Å². The van der Waals surface area contributed by atoms with Gasteiger partial charge in [-0.15, -0.1) is 0 Å². The zero-order valence-corrected chi connectivity index (χ0v) is 16.4. The first-order valence-corrected chi connectivity index (χ1v) is 9.82. The predicted molar refractivity (Wildman–Crippen MR) is 108 cm³/mol. The van der Waals surface area contributed by atoms with Crippen molar-refractivity contribution in [3.63, 3.8) is 0 Å². The molecule has 5 heteroatoms. The van der Waals surface area contributed by atoms with E-state index in [-0.39, 0.29) is 36.0 Å². The number of amides is 2.